The highest BCUT2D eigenvalue weighted by Gasteiger charge is 2.26. The van der Waals surface area contributed by atoms with E-state index < -0.39 is 0 Å². The third-order valence-corrected chi connectivity index (χ3v) is 6.23. The highest BCUT2D eigenvalue weighted by atomic mass is 16.5. The van der Waals surface area contributed by atoms with Gasteiger partial charge in [-0.15, -0.1) is 0 Å². The van der Waals surface area contributed by atoms with Gasteiger partial charge in [-0.05, 0) is 86.6 Å². The van der Waals surface area contributed by atoms with Gasteiger partial charge in [-0.3, -0.25) is 9.69 Å². The average molecular weight is 485 g/mol. The standard InChI is InChI=1S/C28H28N4O4/c1-34-23-11-7-20(8-12-23)27-30-26(36-31-27)19-32-17-15-21(16-18-32)28(33)29-22-9-13-25(14-10-22)35-24-5-3-2-4-6-24/h2-14,21H,15-19H2,1H3,(H,29,33). The lowest BCUT2D eigenvalue weighted by atomic mass is 9.96. The van der Waals surface area contributed by atoms with Crippen molar-refractivity contribution in [2.45, 2.75) is 19.4 Å². The van der Waals surface area contributed by atoms with E-state index in [0.29, 0.717) is 18.3 Å². The van der Waals surface area contributed by atoms with Crippen LogP contribution in [0.5, 0.6) is 17.2 Å². The number of anilines is 1. The fraction of sp³-hybridized carbons (Fsp3) is 0.250. The Morgan fingerprint density at radius 1 is 0.944 bits per heavy atom. The second-order valence-electron chi connectivity index (χ2n) is 8.72. The summed E-state index contributed by atoms with van der Waals surface area (Å²) in [5, 5.41) is 7.13. The molecule has 3 aromatic carbocycles. The summed E-state index contributed by atoms with van der Waals surface area (Å²) < 4.78 is 16.5. The molecule has 0 atom stereocenters. The highest BCUT2D eigenvalue weighted by molar-refractivity contribution is 5.92. The van der Waals surface area contributed by atoms with Gasteiger partial charge in [0.05, 0.1) is 13.7 Å². The topological polar surface area (TPSA) is 89.7 Å². The Kier molecular flexibility index (Phi) is 7.23. The monoisotopic (exact) mass is 484 g/mol. The lowest BCUT2D eigenvalue weighted by Crippen LogP contribution is -2.37. The number of nitrogens with zero attached hydrogens (tertiary/aromatic N) is 3. The number of likely N-dealkylation sites (tertiary alicyclic amines) is 1. The van der Waals surface area contributed by atoms with Gasteiger partial charge in [0.2, 0.25) is 17.6 Å². The van der Waals surface area contributed by atoms with Gasteiger partial charge in [0.15, 0.2) is 0 Å². The number of para-hydroxylation sites is 1. The summed E-state index contributed by atoms with van der Waals surface area (Å²) in [5.74, 6) is 3.43. The summed E-state index contributed by atoms with van der Waals surface area (Å²) in [5.41, 5.74) is 1.64. The minimum absolute atomic E-state index is 0.0287. The van der Waals surface area contributed by atoms with E-state index >= 15 is 0 Å². The molecule has 2 heterocycles. The van der Waals surface area contributed by atoms with Crippen LogP contribution in [0.15, 0.2) is 83.4 Å². The Morgan fingerprint density at radius 3 is 2.31 bits per heavy atom. The molecule has 1 aromatic heterocycles. The number of methoxy groups -OCH3 is 1. The van der Waals surface area contributed by atoms with Crippen LogP contribution in [0.4, 0.5) is 5.69 Å². The molecule has 184 valence electrons. The van der Waals surface area contributed by atoms with Crippen LogP contribution in [-0.2, 0) is 11.3 Å². The van der Waals surface area contributed by atoms with Gasteiger partial charge in [0.25, 0.3) is 0 Å². The molecule has 8 nitrogen and oxygen atoms in total. The van der Waals surface area contributed by atoms with E-state index in [1.165, 1.54) is 0 Å². The number of aromatic nitrogens is 2. The van der Waals surface area contributed by atoms with Crippen LogP contribution in [0.3, 0.4) is 0 Å². The zero-order valence-electron chi connectivity index (χ0n) is 20.1. The zero-order chi connectivity index (χ0) is 24.7. The molecule has 5 rings (SSSR count). The van der Waals surface area contributed by atoms with Crippen LogP contribution in [0, 0.1) is 5.92 Å². The second-order valence-corrected chi connectivity index (χ2v) is 8.72. The molecule has 0 aliphatic carbocycles. The minimum atomic E-state index is -0.0287. The van der Waals surface area contributed by atoms with Crippen LogP contribution in [0.2, 0.25) is 0 Å². The number of rotatable bonds is 8. The molecule has 0 unspecified atom stereocenters. The van der Waals surface area contributed by atoms with Crippen LogP contribution >= 0.6 is 0 Å². The fourth-order valence-corrected chi connectivity index (χ4v) is 4.20. The first-order valence-electron chi connectivity index (χ1n) is 12.0. The van der Waals surface area contributed by atoms with Crippen LogP contribution in [-0.4, -0.2) is 41.1 Å². The van der Waals surface area contributed by atoms with E-state index in [0.717, 1.165) is 54.4 Å². The Morgan fingerprint density at radius 2 is 1.61 bits per heavy atom. The molecule has 1 saturated heterocycles. The molecule has 1 aliphatic rings. The van der Waals surface area contributed by atoms with E-state index in [4.69, 9.17) is 14.0 Å². The van der Waals surface area contributed by atoms with Crippen molar-refractivity contribution in [2.75, 3.05) is 25.5 Å². The molecule has 0 saturated carbocycles. The summed E-state index contributed by atoms with van der Waals surface area (Å²) in [6.07, 6.45) is 1.56. The van der Waals surface area contributed by atoms with Gasteiger partial charge in [0.1, 0.15) is 17.2 Å². The molecule has 0 radical (unpaired) electrons. The van der Waals surface area contributed by atoms with Crippen LogP contribution in [0.25, 0.3) is 11.4 Å². The van der Waals surface area contributed by atoms with Crippen molar-refractivity contribution in [1.29, 1.82) is 0 Å². The molecule has 4 aromatic rings. The Hall–Kier alpha value is -4.17. The van der Waals surface area contributed by atoms with Gasteiger partial charge in [-0.1, -0.05) is 23.4 Å². The third-order valence-electron chi connectivity index (χ3n) is 6.23. The Balaban J connectivity index is 1.08. The molecule has 8 heteroatoms. The summed E-state index contributed by atoms with van der Waals surface area (Å²) in [6, 6.07) is 24.6. The minimum Gasteiger partial charge on any atom is -0.497 e. The van der Waals surface area contributed by atoms with Crippen molar-refractivity contribution in [3.8, 4) is 28.6 Å². The van der Waals surface area contributed by atoms with Gasteiger partial charge >= 0.3 is 0 Å². The van der Waals surface area contributed by atoms with Gasteiger partial charge in [-0.25, -0.2) is 0 Å². The van der Waals surface area contributed by atoms with E-state index in [2.05, 4.69) is 20.4 Å². The highest BCUT2D eigenvalue weighted by Crippen LogP contribution is 2.25. The number of hydrogen-bond donors (Lipinski definition) is 1. The molecule has 1 aliphatic heterocycles. The maximum Gasteiger partial charge on any atom is 0.241 e. The molecule has 1 N–H and O–H groups in total. The quantitative estimate of drug-likeness (QED) is 0.359. The number of nitrogens with one attached hydrogen (secondary N) is 1. The number of hydrogen-bond acceptors (Lipinski definition) is 7. The van der Waals surface area contributed by atoms with E-state index in [-0.39, 0.29) is 11.8 Å². The molecule has 0 spiro atoms. The Labute approximate surface area is 209 Å². The van der Waals surface area contributed by atoms with Crippen molar-refractivity contribution >= 4 is 11.6 Å². The summed E-state index contributed by atoms with van der Waals surface area (Å²) in [7, 11) is 1.63. The van der Waals surface area contributed by atoms with Gasteiger partial charge in [0, 0.05) is 17.2 Å². The van der Waals surface area contributed by atoms with Gasteiger partial charge < -0.3 is 19.3 Å². The molecular formula is C28H28N4O4. The maximum absolute atomic E-state index is 12.8. The first-order chi connectivity index (χ1) is 17.7. The van der Waals surface area contributed by atoms with Crippen LogP contribution in [0.1, 0.15) is 18.7 Å². The molecule has 1 amide bonds. The summed E-state index contributed by atoms with van der Waals surface area (Å²) in [6.45, 7) is 2.16. The summed E-state index contributed by atoms with van der Waals surface area (Å²) in [4.78, 5) is 19.6. The Bertz CT molecular complexity index is 1270. The predicted octanol–water partition coefficient (Wildman–Crippen LogP) is 5.39. The van der Waals surface area contributed by atoms with E-state index in [1.54, 1.807) is 7.11 Å². The lowest BCUT2D eigenvalue weighted by Gasteiger charge is -2.30. The van der Waals surface area contributed by atoms with E-state index in [1.807, 2.05) is 78.9 Å². The van der Waals surface area contributed by atoms with E-state index in [9.17, 15) is 4.79 Å². The lowest BCUT2D eigenvalue weighted by molar-refractivity contribution is -0.121. The van der Waals surface area contributed by atoms with Crippen LogP contribution < -0.4 is 14.8 Å². The molecule has 0 bridgehead atoms. The van der Waals surface area contributed by atoms with Crippen molar-refractivity contribution in [3.63, 3.8) is 0 Å². The molecule has 1 fully saturated rings. The van der Waals surface area contributed by atoms with Crippen molar-refractivity contribution in [3.05, 3.63) is 84.8 Å². The first kappa shape index (κ1) is 23.6. The second kappa shape index (κ2) is 11.0. The number of benzene rings is 3. The third kappa shape index (κ3) is 5.90. The van der Waals surface area contributed by atoms with Crippen molar-refractivity contribution in [2.24, 2.45) is 5.92 Å². The normalized spacial score (nSPS) is 14.4. The number of carbonyl (C=O) groups is 1. The molecule has 36 heavy (non-hydrogen) atoms. The number of ether oxygens (including phenoxy) is 2. The predicted molar refractivity (Wildman–Crippen MR) is 136 cm³/mol. The smallest absolute Gasteiger partial charge is 0.241 e. The fourth-order valence-electron chi connectivity index (χ4n) is 4.20. The average Bonchev–Trinajstić information content (AvgIpc) is 3.39. The van der Waals surface area contributed by atoms with Gasteiger partial charge in [-0.2, -0.15) is 4.98 Å². The zero-order valence-corrected chi connectivity index (χ0v) is 20.1. The molecular weight excluding hydrogens is 456 g/mol. The first-order valence-corrected chi connectivity index (χ1v) is 12.0. The van der Waals surface area contributed by atoms with Crippen molar-refractivity contribution in [1.82, 2.24) is 15.0 Å². The number of carbonyl (C=O) groups excluding carboxylic acids is 1. The van der Waals surface area contributed by atoms with Crippen molar-refractivity contribution < 1.29 is 18.8 Å². The summed E-state index contributed by atoms with van der Waals surface area (Å²) >= 11 is 0. The maximum atomic E-state index is 12.8. The SMILES string of the molecule is COc1ccc(-c2noc(CN3CCC(C(=O)Nc4ccc(Oc5ccccc5)cc4)CC3)n2)cc1. The largest absolute Gasteiger partial charge is 0.497 e. The number of piperidine rings is 1. The number of amides is 1.